The van der Waals surface area contributed by atoms with Crippen molar-refractivity contribution < 1.29 is 9.53 Å². The van der Waals surface area contributed by atoms with Gasteiger partial charge in [0, 0.05) is 29.7 Å². The lowest BCUT2D eigenvalue weighted by molar-refractivity contribution is -0.133. The predicted octanol–water partition coefficient (Wildman–Crippen LogP) is 4.79. The molecule has 0 fully saturated rings. The van der Waals surface area contributed by atoms with Gasteiger partial charge in [-0.05, 0) is 23.8 Å². The van der Waals surface area contributed by atoms with E-state index in [0.717, 1.165) is 22.0 Å². The Labute approximate surface area is 164 Å². The van der Waals surface area contributed by atoms with E-state index in [-0.39, 0.29) is 18.6 Å². The molecule has 4 heteroatoms. The number of benzene rings is 3. The maximum atomic E-state index is 13.0. The van der Waals surface area contributed by atoms with Crippen LogP contribution in [0.3, 0.4) is 0 Å². The van der Waals surface area contributed by atoms with Crippen LogP contribution in [0.2, 0.25) is 0 Å². The molecule has 1 atom stereocenters. The maximum absolute atomic E-state index is 13.0. The summed E-state index contributed by atoms with van der Waals surface area (Å²) in [6, 6.07) is 27.4. The number of carbonyl (C=O) groups is 1. The van der Waals surface area contributed by atoms with E-state index in [1.54, 1.807) is 4.90 Å². The SMILES string of the molecule is CN(C(=O)COc1ccccc1)C(c1ccccc1)c1c[nH]c2ccccc12. The lowest BCUT2D eigenvalue weighted by Gasteiger charge is -2.29. The number of rotatable bonds is 6. The predicted molar refractivity (Wildman–Crippen MR) is 111 cm³/mol. The lowest BCUT2D eigenvalue weighted by Crippen LogP contribution is -2.35. The molecular formula is C24H22N2O2. The van der Waals surface area contributed by atoms with Crippen molar-refractivity contribution in [2.75, 3.05) is 13.7 Å². The fourth-order valence-electron chi connectivity index (χ4n) is 3.47. The summed E-state index contributed by atoms with van der Waals surface area (Å²) in [7, 11) is 1.83. The first kappa shape index (κ1) is 17.9. The number of amides is 1. The van der Waals surface area contributed by atoms with Crippen molar-refractivity contribution in [1.82, 2.24) is 9.88 Å². The van der Waals surface area contributed by atoms with Gasteiger partial charge >= 0.3 is 0 Å². The monoisotopic (exact) mass is 370 g/mol. The number of nitrogens with zero attached hydrogens (tertiary/aromatic N) is 1. The van der Waals surface area contributed by atoms with Crippen molar-refractivity contribution in [3.05, 3.63) is 102 Å². The van der Waals surface area contributed by atoms with Crippen molar-refractivity contribution in [2.24, 2.45) is 0 Å². The number of H-pyrrole nitrogens is 1. The highest BCUT2D eigenvalue weighted by atomic mass is 16.5. The molecule has 0 saturated carbocycles. The molecular weight excluding hydrogens is 348 g/mol. The average molecular weight is 370 g/mol. The number of carbonyl (C=O) groups excluding carboxylic acids is 1. The molecule has 140 valence electrons. The van der Waals surface area contributed by atoms with E-state index in [9.17, 15) is 4.79 Å². The van der Waals surface area contributed by atoms with E-state index in [1.165, 1.54) is 0 Å². The van der Waals surface area contributed by atoms with E-state index < -0.39 is 0 Å². The lowest BCUT2D eigenvalue weighted by atomic mass is 9.97. The molecule has 4 nitrogen and oxygen atoms in total. The Balaban J connectivity index is 1.64. The van der Waals surface area contributed by atoms with Crippen LogP contribution in [0.4, 0.5) is 0 Å². The largest absolute Gasteiger partial charge is 0.484 e. The quantitative estimate of drug-likeness (QED) is 0.530. The van der Waals surface area contributed by atoms with Gasteiger partial charge in [-0.3, -0.25) is 4.79 Å². The van der Waals surface area contributed by atoms with Crippen LogP contribution < -0.4 is 4.74 Å². The number of para-hydroxylation sites is 2. The average Bonchev–Trinajstić information content (AvgIpc) is 3.17. The van der Waals surface area contributed by atoms with Crippen molar-refractivity contribution in [3.8, 4) is 5.75 Å². The van der Waals surface area contributed by atoms with Crippen LogP contribution in [0.15, 0.2) is 91.1 Å². The van der Waals surface area contributed by atoms with Gasteiger partial charge in [-0.1, -0.05) is 66.7 Å². The topological polar surface area (TPSA) is 45.3 Å². The molecule has 1 N–H and O–H groups in total. The molecule has 28 heavy (non-hydrogen) atoms. The van der Waals surface area contributed by atoms with Crippen molar-refractivity contribution >= 4 is 16.8 Å². The molecule has 0 bridgehead atoms. The van der Waals surface area contributed by atoms with Gasteiger partial charge in [0.2, 0.25) is 0 Å². The van der Waals surface area contributed by atoms with Crippen LogP contribution >= 0.6 is 0 Å². The third kappa shape index (κ3) is 3.62. The summed E-state index contributed by atoms with van der Waals surface area (Å²) >= 11 is 0. The van der Waals surface area contributed by atoms with Crippen LogP contribution in [0.1, 0.15) is 17.2 Å². The molecule has 0 radical (unpaired) electrons. The number of ether oxygens (including phenoxy) is 1. The third-order valence-corrected chi connectivity index (χ3v) is 4.92. The van der Waals surface area contributed by atoms with Crippen molar-refractivity contribution in [1.29, 1.82) is 0 Å². The molecule has 3 aromatic carbocycles. The maximum Gasteiger partial charge on any atom is 0.261 e. The Hall–Kier alpha value is -3.53. The highest BCUT2D eigenvalue weighted by Crippen LogP contribution is 2.33. The van der Waals surface area contributed by atoms with Crippen LogP contribution in [0, 0.1) is 0 Å². The van der Waals surface area contributed by atoms with Gasteiger partial charge in [0.1, 0.15) is 5.75 Å². The van der Waals surface area contributed by atoms with Crippen molar-refractivity contribution in [3.63, 3.8) is 0 Å². The smallest absolute Gasteiger partial charge is 0.261 e. The Morgan fingerprint density at radius 2 is 1.57 bits per heavy atom. The second-order valence-corrected chi connectivity index (χ2v) is 6.71. The highest BCUT2D eigenvalue weighted by molar-refractivity contribution is 5.85. The number of hydrogen-bond acceptors (Lipinski definition) is 2. The first-order valence-electron chi connectivity index (χ1n) is 9.28. The van der Waals surface area contributed by atoms with Crippen LogP contribution in [0.5, 0.6) is 5.75 Å². The molecule has 0 spiro atoms. The summed E-state index contributed by atoms with van der Waals surface area (Å²) in [6.45, 7) is -0.00774. The van der Waals surface area contributed by atoms with Crippen molar-refractivity contribution in [2.45, 2.75) is 6.04 Å². The number of fused-ring (bicyclic) bond motifs is 1. The molecule has 4 rings (SSSR count). The molecule has 4 aromatic rings. The zero-order chi connectivity index (χ0) is 19.3. The van der Waals surface area contributed by atoms with Gasteiger partial charge in [0.15, 0.2) is 6.61 Å². The summed E-state index contributed by atoms with van der Waals surface area (Å²) in [5, 5.41) is 1.11. The molecule has 1 aromatic heterocycles. The minimum atomic E-state index is -0.204. The number of nitrogens with one attached hydrogen (secondary N) is 1. The molecule has 0 aliphatic rings. The molecule has 1 amide bonds. The summed E-state index contributed by atoms with van der Waals surface area (Å²) < 4.78 is 5.68. The van der Waals surface area contributed by atoms with Gasteiger partial charge in [-0.15, -0.1) is 0 Å². The molecule has 1 heterocycles. The zero-order valence-corrected chi connectivity index (χ0v) is 15.7. The Bertz CT molecular complexity index is 1060. The number of aromatic nitrogens is 1. The second kappa shape index (κ2) is 8.01. The van der Waals surface area contributed by atoms with Crippen LogP contribution in [-0.4, -0.2) is 29.4 Å². The van der Waals surface area contributed by atoms with Gasteiger partial charge in [-0.25, -0.2) is 0 Å². The minimum absolute atomic E-state index is 0.00774. The minimum Gasteiger partial charge on any atom is -0.484 e. The van der Waals surface area contributed by atoms with Gasteiger partial charge in [0.05, 0.1) is 6.04 Å². The van der Waals surface area contributed by atoms with E-state index in [0.29, 0.717) is 5.75 Å². The third-order valence-electron chi connectivity index (χ3n) is 4.92. The van der Waals surface area contributed by atoms with E-state index in [1.807, 2.05) is 92.1 Å². The normalized spacial score (nSPS) is 11.9. The van der Waals surface area contributed by atoms with Gasteiger partial charge < -0.3 is 14.6 Å². The summed E-state index contributed by atoms with van der Waals surface area (Å²) in [5.41, 5.74) is 3.18. The van der Waals surface area contributed by atoms with Gasteiger partial charge in [-0.2, -0.15) is 0 Å². The Kier molecular flexibility index (Phi) is 5.11. The van der Waals surface area contributed by atoms with E-state index >= 15 is 0 Å². The molecule has 0 aliphatic heterocycles. The van der Waals surface area contributed by atoms with E-state index in [4.69, 9.17) is 4.74 Å². The summed E-state index contributed by atoms with van der Waals surface area (Å²) in [5.74, 6) is 0.607. The first-order valence-corrected chi connectivity index (χ1v) is 9.28. The highest BCUT2D eigenvalue weighted by Gasteiger charge is 2.26. The molecule has 0 saturated heterocycles. The fraction of sp³-hybridized carbons (Fsp3) is 0.125. The number of hydrogen-bond donors (Lipinski definition) is 1. The second-order valence-electron chi connectivity index (χ2n) is 6.71. The molecule has 1 unspecified atom stereocenters. The summed E-state index contributed by atoms with van der Waals surface area (Å²) in [4.78, 5) is 18.0. The van der Waals surface area contributed by atoms with Gasteiger partial charge in [0.25, 0.3) is 5.91 Å². The number of likely N-dealkylation sites (N-methyl/N-ethyl adjacent to an activating group) is 1. The Morgan fingerprint density at radius 3 is 2.32 bits per heavy atom. The van der Waals surface area contributed by atoms with E-state index in [2.05, 4.69) is 11.1 Å². The number of aromatic amines is 1. The van der Waals surface area contributed by atoms with Crippen LogP contribution in [0.25, 0.3) is 10.9 Å². The summed E-state index contributed by atoms with van der Waals surface area (Å²) in [6.07, 6.45) is 1.99. The standard InChI is InChI=1S/C24H22N2O2/c1-26(23(27)17-28-19-12-6-3-7-13-19)24(18-10-4-2-5-11-18)21-16-25-22-15-9-8-14-20(21)22/h2-16,24-25H,17H2,1H3. The van der Waals surface area contributed by atoms with Crippen LogP contribution in [-0.2, 0) is 4.79 Å². The zero-order valence-electron chi connectivity index (χ0n) is 15.7. The molecule has 0 aliphatic carbocycles. The fourth-order valence-corrected chi connectivity index (χ4v) is 3.47. The Morgan fingerprint density at radius 1 is 0.929 bits per heavy atom. The first-order chi connectivity index (χ1) is 13.7.